The predicted octanol–water partition coefficient (Wildman–Crippen LogP) is 0.637. The van der Waals surface area contributed by atoms with Gasteiger partial charge in [-0.25, -0.2) is 0 Å². The number of fused-ring (bicyclic) bond motifs is 1. The summed E-state index contributed by atoms with van der Waals surface area (Å²) in [5.74, 6) is -0.235. The summed E-state index contributed by atoms with van der Waals surface area (Å²) in [6, 6.07) is 0. The topological polar surface area (TPSA) is 60.9 Å². The van der Waals surface area contributed by atoms with Gasteiger partial charge in [0.25, 0.3) is 0 Å². The fourth-order valence-corrected chi connectivity index (χ4v) is 1.95. The number of amides is 1. The maximum Gasteiger partial charge on any atom is 0.217 e. The van der Waals surface area contributed by atoms with E-state index in [4.69, 9.17) is 5.73 Å². The third-order valence-corrected chi connectivity index (χ3v) is 2.71. The molecule has 1 aromatic heterocycles. The first kappa shape index (κ1) is 9.24. The van der Waals surface area contributed by atoms with E-state index >= 15 is 0 Å². The maximum absolute atomic E-state index is 10.7. The SMILES string of the molecule is NC(=O)CCc1cnn2c1CCCC2. The molecule has 2 heterocycles. The second kappa shape index (κ2) is 3.82. The van der Waals surface area contributed by atoms with Crippen LogP contribution in [0.15, 0.2) is 6.20 Å². The lowest BCUT2D eigenvalue weighted by Gasteiger charge is -2.14. The molecule has 2 rings (SSSR count). The fraction of sp³-hybridized carbons (Fsp3) is 0.600. The number of rotatable bonds is 3. The van der Waals surface area contributed by atoms with Gasteiger partial charge in [-0.15, -0.1) is 0 Å². The van der Waals surface area contributed by atoms with E-state index in [1.54, 1.807) is 0 Å². The van der Waals surface area contributed by atoms with Crippen molar-refractivity contribution in [3.63, 3.8) is 0 Å². The molecule has 0 aromatic carbocycles. The average molecular weight is 193 g/mol. The second-order valence-electron chi connectivity index (χ2n) is 3.76. The van der Waals surface area contributed by atoms with E-state index in [2.05, 4.69) is 9.78 Å². The first-order chi connectivity index (χ1) is 6.77. The highest BCUT2D eigenvalue weighted by atomic mass is 16.1. The van der Waals surface area contributed by atoms with Crippen LogP contribution in [0.4, 0.5) is 0 Å². The van der Waals surface area contributed by atoms with E-state index in [9.17, 15) is 4.79 Å². The van der Waals surface area contributed by atoms with E-state index in [1.807, 2.05) is 6.20 Å². The largest absolute Gasteiger partial charge is 0.370 e. The smallest absolute Gasteiger partial charge is 0.217 e. The standard InChI is InChI=1S/C10H15N3O/c11-10(14)5-4-8-7-12-13-6-2-1-3-9(8)13/h7H,1-6H2,(H2,11,14). The van der Waals surface area contributed by atoms with E-state index in [1.165, 1.54) is 24.1 Å². The highest BCUT2D eigenvalue weighted by Crippen LogP contribution is 2.18. The minimum absolute atomic E-state index is 0.235. The molecule has 14 heavy (non-hydrogen) atoms. The van der Waals surface area contributed by atoms with E-state index in [0.29, 0.717) is 6.42 Å². The quantitative estimate of drug-likeness (QED) is 0.765. The Morgan fingerprint density at radius 3 is 3.21 bits per heavy atom. The molecule has 2 N–H and O–H groups in total. The molecule has 0 radical (unpaired) electrons. The molecule has 0 saturated heterocycles. The van der Waals surface area contributed by atoms with Crippen LogP contribution in [0, 0.1) is 0 Å². The highest BCUT2D eigenvalue weighted by Gasteiger charge is 2.14. The molecule has 0 aliphatic carbocycles. The van der Waals surface area contributed by atoms with Crippen LogP contribution >= 0.6 is 0 Å². The number of nitrogens with zero attached hydrogens (tertiary/aromatic N) is 2. The predicted molar refractivity (Wildman–Crippen MR) is 52.7 cm³/mol. The molecule has 0 saturated carbocycles. The lowest BCUT2D eigenvalue weighted by Crippen LogP contribution is -2.14. The first-order valence-electron chi connectivity index (χ1n) is 5.09. The van der Waals surface area contributed by atoms with Crippen LogP contribution in [-0.2, 0) is 24.2 Å². The van der Waals surface area contributed by atoms with Crippen LogP contribution in [-0.4, -0.2) is 15.7 Å². The molecule has 0 fully saturated rings. The van der Waals surface area contributed by atoms with Crippen molar-refractivity contribution in [3.8, 4) is 0 Å². The van der Waals surface area contributed by atoms with E-state index < -0.39 is 0 Å². The van der Waals surface area contributed by atoms with Gasteiger partial charge < -0.3 is 5.73 Å². The summed E-state index contributed by atoms with van der Waals surface area (Å²) in [5.41, 5.74) is 7.62. The Hall–Kier alpha value is -1.32. The zero-order chi connectivity index (χ0) is 9.97. The van der Waals surface area contributed by atoms with Crippen molar-refractivity contribution in [2.24, 2.45) is 5.73 Å². The van der Waals surface area contributed by atoms with Gasteiger partial charge in [0.15, 0.2) is 0 Å². The molecular weight excluding hydrogens is 178 g/mol. The highest BCUT2D eigenvalue weighted by molar-refractivity contribution is 5.74. The lowest BCUT2D eigenvalue weighted by atomic mass is 10.0. The monoisotopic (exact) mass is 193 g/mol. The molecule has 0 unspecified atom stereocenters. The van der Waals surface area contributed by atoms with Gasteiger partial charge in [0.2, 0.25) is 5.91 Å². The number of aromatic nitrogens is 2. The van der Waals surface area contributed by atoms with Crippen molar-refractivity contribution in [1.82, 2.24) is 9.78 Å². The van der Waals surface area contributed by atoms with Crippen molar-refractivity contribution in [1.29, 1.82) is 0 Å². The summed E-state index contributed by atoms with van der Waals surface area (Å²) in [4.78, 5) is 10.7. The second-order valence-corrected chi connectivity index (χ2v) is 3.76. The van der Waals surface area contributed by atoms with Crippen molar-refractivity contribution in [2.75, 3.05) is 0 Å². The number of primary amides is 1. The number of aryl methyl sites for hydroxylation is 2. The number of carbonyl (C=O) groups is 1. The lowest BCUT2D eigenvalue weighted by molar-refractivity contribution is -0.117. The Labute approximate surface area is 83.1 Å². The third kappa shape index (κ3) is 1.78. The fourth-order valence-electron chi connectivity index (χ4n) is 1.95. The van der Waals surface area contributed by atoms with E-state index in [0.717, 1.165) is 19.4 Å². The molecule has 4 heteroatoms. The van der Waals surface area contributed by atoms with Gasteiger partial charge in [-0.3, -0.25) is 9.48 Å². The molecule has 1 amide bonds. The zero-order valence-corrected chi connectivity index (χ0v) is 8.20. The molecule has 1 aliphatic rings. The summed E-state index contributed by atoms with van der Waals surface area (Å²) in [6.45, 7) is 1.02. The third-order valence-electron chi connectivity index (χ3n) is 2.71. The van der Waals surface area contributed by atoms with Gasteiger partial charge in [0.05, 0.1) is 6.20 Å². The van der Waals surface area contributed by atoms with Gasteiger partial charge in [0, 0.05) is 18.7 Å². The average Bonchev–Trinajstić information content (AvgIpc) is 2.58. The van der Waals surface area contributed by atoms with Crippen LogP contribution < -0.4 is 5.73 Å². The van der Waals surface area contributed by atoms with Crippen LogP contribution in [0.1, 0.15) is 30.5 Å². The molecule has 76 valence electrons. The van der Waals surface area contributed by atoms with Crippen LogP contribution in [0.5, 0.6) is 0 Å². The molecule has 1 aromatic rings. The van der Waals surface area contributed by atoms with Crippen molar-refractivity contribution in [2.45, 2.75) is 38.6 Å². The number of hydrogen-bond acceptors (Lipinski definition) is 2. The van der Waals surface area contributed by atoms with Gasteiger partial charge in [-0.1, -0.05) is 0 Å². The number of carbonyl (C=O) groups excluding carboxylic acids is 1. The van der Waals surface area contributed by atoms with Crippen molar-refractivity contribution >= 4 is 5.91 Å². The van der Waals surface area contributed by atoms with Gasteiger partial charge >= 0.3 is 0 Å². The Balaban J connectivity index is 2.10. The normalized spacial score (nSPS) is 15.1. The Bertz CT molecular complexity index is 343. The van der Waals surface area contributed by atoms with Gasteiger partial charge in [0.1, 0.15) is 0 Å². The van der Waals surface area contributed by atoms with Crippen LogP contribution in [0.3, 0.4) is 0 Å². The van der Waals surface area contributed by atoms with Crippen LogP contribution in [0.25, 0.3) is 0 Å². The van der Waals surface area contributed by atoms with E-state index in [-0.39, 0.29) is 5.91 Å². The summed E-state index contributed by atoms with van der Waals surface area (Å²) >= 11 is 0. The van der Waals surface area contributed by atoms with Crippen LogP contribution in [0.2, 0.25) is 0 Å². The maximum atomic E-state index is 10.7. The number of hydrogen-bond donors (Lipinski definition) is 1. The Morgan fingerprint density at radius 2 is 2.43 bits per heavy atom. The van der Waals surface area contributed by atoms with Crippen molar-refractivity contribution in [3.05, 3.63) is 17.5 Å². The molecule has 0 spiro atoms. The summed E-state index contributed by atoms with van der Waals surface area (Å²) in [5, 5.41) is 4.30. The summed E-state index contributed by atoms with van der Waals surface area (Å²) in [6.07, 6.45) is 6.58. The summed E-state index contributed by atoms with van der Waals surface area (Å²) < 4.78 is 2.06. The molecule has 0 bridgehead atoms. The first-order valence-corrected chi connectivity index (χ1v) is 5.09. The Morgan fingerprint density at radius 1 is 1.57 bits per heavy atom. The zero-order valence-electron chi connectivity index (χ0n) is 8.20. The molecule has 4 nitrogen and oxygen atoms in total. The van der Waals surface area contributed by atoms with Gasteiger partial charge in [-0.05, 0) is 31.2 Å². The van der Waals surface area contributed by atoms with Gasteiger partial charge in [-0.2, -0.15) is 5.10 Å². The molecular formula is C10H15N3O. The summed E-state index contributed by atoms with van der Waals surface area (Å²) in [7, 11) is 0. The Kier molecular flexibility index (Phi) is 2.52. The van der Waals surface area contributed by atoms with Crippen molar-refractivity contribution < 1.29 is 4.79 Å². The number of nitrogens with two attached hydrogens (primary N) is 1. The minimum Gasteiger partial charge on any atom is -0.370 e. The molecule has 0 atom stereocenters. The molecule has 1 aliphatic heterocycles. The minimum atomic E-state index is -0.235.